The number of hydrogen-bond acceptors (Lipinski definition) is 2. The molecule has 2 unspecified atom stereocenters. The van der Waals surface area contributed by atoms with E-state index in [2.05, 4.69) is 4.90 Å². The molecule has 0 amide bonds. The SMILES string of the molecule is CC(F)C1CCCN1CCCO. The average Bonchev–Trinajstić information content (AvgIpc) is 2.48. The monoisotopic (exact) mass is 175 g/mol. The van der Waals surface area contributed by atoms with Crippen molar-refractivity contribution in [3.63, 3.8) is 0 Å². The molecule has 72 valence electrons. The van der Waals surface area contributed by atoms with Gasteiger partial charge >= 0.3 is 0 Å². The number of aliphatic hydroxyl groups is 1. The molecule has 0 aromatic carbocycles. The van der Waals surface area contributed by atoms with Crippen molar-refractivity contribution in [2.45, 2.75) is 38.4 Å². The van der Waals surface area contributed by atoms with E-state index in [4.69, 9.17) is 5.11 Å². The Kier molecular flexibility index (Phi) is 3.95. The Bertz CT molecular complexity index is 130. The lowest BCUT2D eigenvalue weighted by Gasteiger charge is -2.24. The second kappa shape index (κ2) is 4.77. The average molecular weight is 175 g/mol. The van der Waals surface area contributed by atoms with Crippen LogP contribution in [0, 0.1) is 0 Å². The third-order valence-electron chi connectivity index (χ3n) is 2.55. The summed E-state index contributed by atoms with van der Waals surface area (Å²) in [5.74, 6) is 0. The van der Waals surface area contributed by atoms with Gasteiger partial charge in [0.1, 0.15) is 6.17 Å². The highest BCUT2D eigenvalue weighted by molar-refractivity contribution is 4.82. The molecule has 0 spiro atoms. The summed E-state index contributed by atoms with van der Waals surface area (Å²) in [6.07, 6.45) is 2.11. The van der Waals surface area contributed by atoms with Crippen LogP contribution in [0.4, 0.5) is 4.39 Å². The van der Waals surface area contributed by atoms with E-state index in [9.17, 15) is 4.39 Å². The van der Waals surface area contributed by atoms with Gasteiger partial charge in [0, 0.05) is 19.2 Å². The van der Waals surface area contributed by atoms with Gasteiger partial charge < -0.3 is 5.11 Å². The predicted molar refractivity (Wildman–Crippen MR) is 46.9 cm³/mol. The Hall–Kier alpha value is -0.150. The summed E-state index contributed by atoms with van der Waals surface area (Å²) in [6, 6.07) is 0.108. The molecular formula is C9H18FNO. The van der Waals surface area contributed by atoms with E-state index in [-0.39, 0.29) is 12.6 Å². The molecule has 1 fully saturated rings. The minimum absolute atomic E-state index is 0.108. The van der Waals surface area contributed by atoms with Crippen LogP contribution >= 0.6 is 0 Å². The largest absolute Gasteiger partial charge is 0.396 e. The van der Waals surface area contributed by atoms with Gasteiger partial charge in [-0.15, -0.1) is 0 Å². The Balaban J connectivity index is 2.30. The molecule has 0 bridgehead atoms. The van der Waals surface area contributed by atoms with Gasteiger partial charge in [0.15, 0.2) is 0 Å². The van der Waals surface area contributed by atoms with E-state index < -0.39 is 6.17 Å². The van der Waals surface area contributed by atoms with Crippen LogP contribution in [0.15, 0.2) is 0 Å². The number of halogens is 1. The van der Waals surface area contributed by atoms with Gasteiger partial charge in [0.2, 0.25) is 0 Å². The molecular weight excluding hydrogens is 157 g/mol. The number of alkyl halides is 1. The van der Waals surface area contributed by atoms with E-state index in [0.717, 1.165) is 32.4 Å². The number of rotatable bonds is 4. The first-order valence-electron chi connectivity index (χ1n) is 4.74. The predicted octanol–water partition coefficient (Wildman–Crippen LogP) is 1.19. The molecule has 1 heterocycles. The van der Waals surface area contributed by atoms with Crippen LogP contribution in [0.25, 0.3) is 0 Å². The maximum atomic E-state index is 13.0. The number of nitrogens with zero attached hydrogens (tertiary/aromatic N) is 1. The highest BCUT2D eigenvalue weighted by Crippen LogP contribution is 2.21. The second-order valence-electron chi connectivity index (χ2n) is 3.50. The van der Waals surface area contributed by atoms with E-state index >= 15 is 0 Å². The van der Waals surface area contributed by atoms with Crippen LogP contribution in [-0.4, -0.2) is 41.9 Å². The van der Waals surface area contributed by atoms with Crippen LogP contribution in [0.2, 0.25) is 0 Å². The van der Waals surface area contributed by atoms with Crippen molar-refractivity contribution in [3.05, 3.63) is 0 Å². The summed E-state index contributed by atoms with van der Waals surface area (Å²) in [5.41, 5.74) is 0. The summed E-state index contributed by atoms with van der Waals surface area (Å²) in [7, 11) is 0. The quantitative estimate of drug-likeness (QED) is 0.693. The standard InChI is InChI=1S/C9H18FNO/c1-8(10)9-4-2-5-11(9)6-3-7-12/h8-9,12H,2-7H2,1H3. The zero-order valence-electron chi connectivity index (χ0n) is 7.67. The maximum absolute atomic E-state index is 13.0. The van der Waals surface area contributed by atoms with E-state index in [1.165, 1.54) is 0 Å². The first kappa shape index (κ1) is 9.93. The van der Waals surface area contributed by atoms with E-state index in [1.54, 1.807) is 6.92 Å². The molecule has 0 aromatic heterocycles. The molecule has 1 saturated heterocycles. The fourth-order valence-electron chi connectivity index (χ4n) is 1.92. The van der Waals surface area contributed by atoms with Gasteiger partial charge in [-0.1, -0.05) is 0 Å². The molecule has 3 heteroatoms. The zero-order valence-corrected chi connectivity index (χ0v) is 7.67. The molecule has 2 atom stereocenters. The highest BCUT2D eigenvalue weighted by atomic mass is 19.1. The van der Waals surface area contributed by atoms with E-state index in [1.807, 2.05) is 0 Å². The Morgan fingerprint density at radius 3 is 3.00 bits per heavy atom. The minimum atomic E-state index is -0.730. The number of aliphatic hydroxyl groups excluding tert-OH is 1. The normalized spacial score (nSPS) is 27.8. The summed E-state index contributed by atoms with van der Waals surface area (Å²) in [6.45, 7) is 3.68. The lowest BCUT2D eigenvalue weighted by atomic mass is 10.1. The first-order valence-corrected chi connectivity index (χ1v) is 4.74. The van der Waals surface area contributed by atoms with Crippen molar-refractivity contribution in [2.24, 2.45) is 0 Å². The Morgan fingerprint density at radius 1 is 1.67 bits per heavy atom. The zero-order chi connectivity index (χ0) is 8.97. The summed E-state index contributed by atoms with van der Waals surface area (Å²) in [4.78, 5) is 2.15. The Labute approximate surface area is 73.4 Å². The molecule has 0 saturated carbocycles. The van der Waals surface area contributed by atoms with Gasteiger partial charge in [0.25, 0.3) is 0 Å². The third kappa shape index (κ3) is 2.42. The van der Waals surface area contributed by atoms with Crippen molar-refractivity contribution in [1.82, 2.24) is 4.90 Å². The van der Waals surface area contributed by atoms with Crippen molar-refractivity contribution < 1.29 is 9.50 Å². The van der Waals surface area contributed by atoms with Gasteiger partial charge in [-0.05, 0) is 32.7 Å². The van der Waals surface area contributed by atoms with Gasteiger partial charge in [-0.25, -0.2) is 4.39 Å². The van der Waals surface area contributed by atoms with Crippen LogP contribution in [0.5, 0.6) is 0 Å². The molecule has 0 aliphatic carbocycles. The first-order chi connectivity index (χ1) is 5.75. The molecule has 1 N–H and O–H groups in total. The summed E-state index contributed by atoms with van der Waals surface area (Å²) >= 11 is 0. The molecule has 2 nitrogen and oxygen atoms in total. The van der Waals surface area contributed by atoms with Crippen LogP contribution in [0.3, 0.4) is 0 Å². The molecule has 1 aliphatic heterocycles. The molecule has 0 radical (unpaired) electrons. The third-order valence-corrected chi connectivity index (χ3v) is 2.55. The van der Waals surface area contributed by atoms with Crippen LogP contribution < -0.4 is 0 Å². The fraction of sp³-hybridized carbons (Fsp3) is 1.00. The number of hydrogen-bond donors (Lipinski definition) is 1. The second-order valence-corrected chi connectivity index (χ2v) is 3.50. The van der Waals surface area contributed by atoms with Crippen LogP contribution in [0.1, 0.15) is 26.2 Å². The Morgan fingerprint density at radius 2 is 2.42 bits per heavy atom. The highest BCUT2D eigenvalue weighted by Gasteiger charge is 2.28. The fourth-order valence-corrected chi connectivity index (χ4v) is 1.92. The van der Waals surface area contributed by atoms with E-state index in [0.29, 0.717) is 0 Å². The van der Waals surface area contributed by atoms with Crippen molar-refractivity contribution in [3.8, 4) is 0 Å². The molecule has 12 heavy (non-hydrogen) atoms. The van der Waals surface area contributed by atoms with Gasteiger partial charge in [0.05, 0.1) is 0 Å². The lowest BCUT2D eigenvalue weighted by Crippen LogP contribution is -2.36. The summed E-state index contributed by atoms with van der Waals surface area (Å²) in [5, 5.41) is 8.63. The number of likely N-dealkylation sites (tertiary alicyclic amines) is 1. The topological polar surface area (TPSA) is 23.5 Å². The summed E-state index contributed by atoms with van der Waals surface area (Å²) < 4.78 is 13.0. The minimum Gasteiger partial charge on any atom is -0.396 e. The molecule has 1 rings (SSSR count). The van der Waals surface area contributed by atoms with Gasteiger partial charge in [-0.3, -0.25) is 4.90 Å². The molecule has 1 aliphatic rings. The maximum Gasteiger partial charge on any atom is 0.113 e. The lowest BCUT2D eigenvalue weighted by molar-refractivity contribution is 0.147. The van der Waals surface area contributed by atoms with Crippen LogP contribution in [-0.2, 0) is 0 Å². The van der Waals surface area contributed by atoms with Gasteiger partial charge in [-0.2, -0.15) is 0 Å². The smallest absolute Gasteiger partial charge is 0.113 e. The molecule has 0 aromatic rings. The van der Waals surface area contributed by atoms with Crippen molar-refractivity contribution in [1.29, 1.82) is 0 Å². The van der Waals surface area contributed by atoms with Crippen molar-refractivity contribution >= 4 is 0 Å². The van der Waals surface area contributed by atoms with Crippen molar-refractivity contribution in [2.75, 3.05) is 19.7 Å².